The molecule has 0 bridgehead atoms. The molecule has 0 heterocycles. The van der Waals surface area contributed by atoms with E-state index in [0.29, 0.717) is 17.7 Å². The maximum atomic E-state index is 9.50. The van der Waals surface area contributed by atoms with Gasteiger partial charge in [0.05, 0.1) is 18.4 Å². The molecule has 1 aromatic carbocycles. The Kier molecular flexibility index (Phi) is 4.72. The summed E-state index contributed by atoms with van der Waals surface area (Å²) < 4.78 is 5.58. The third-order valence-corrected chi connectivity index (χ3v) is 3.53. The zero-order chi connectivity index (χ0) is 13.0. The first-order valence-electron chi connectivity index (χ1n) is 6.56. The molecule has 1 aromatic rings. The van der Waals surface area contributed by atoms with E-state index in [1.54, 1.807) is 0 Å². The molecule has 1 aliphatic carbocycles. The molecule has 0 atom stereocenters. The molecule has 3 nitrogen and oxygen atoms in total. The van der Waals surface area contributed by atoms with E-state index >= 15 is 0 Å². The lowest BCUT2D eigenvalue weighted by molar-refractivity contribution is 0.126. The molecule has 0 aromatic heterocycles. The Hall–Kier alpha value is -0.930. The van der Waals surface area contributed by atoms with E-state index in [9.17, 15) is 5.11 Å². The minimum absolute atomic E-state index is 0.131. The Bertz CT molecular complexity index is 389. The third kappa shape index (κ3) is 3.53. The van der Waals surface area contributed by atoms with E-state index in [1.165, 1.54) is 0 Å². The lowest BCUT2D eigenvalue weighted by Gasteiger charge is -2.27. The fraction of sp³-hybridized carbons (Fsp3) is 0.571. The molecule has 100 valence electrons. The van der Waals surface area contributed by atoms with Crippen molar-refractivity contribution < 1.29 is 9.84 Å². The van der Waals surface area contributed by atoms with Gasteiger partial charge in [-0.2, -0.15) is 0 Å². The highest BCUT2D eigenvalue weighted by Gasteiger charge is 2.20. The number of aliphatic hydroxyl groups is 1. The molecule has 0 saturated heterocycles. The zero-order valence-electron chi connectivity index (χ0n) is 10.7. The lowest BCUT2D eigenvalue weighted by Crippen LogP contribution is -2.28. The third-order valence-electron chi connectivity index (χ3n) is 3.30. The molecule has 2 N–H and O–H groups in total. The van der Waals surface area contributed by atoms with Gasteiger partial charge < -0.3 is 15.2 Å². The van der Waals surface area contributed by atoms with Gasteiger partial charge in [0, 0.05) is 11.1 Å². The normalized spacial score (nSPS) is 23.7. The Morgan fingerprint density at radius 3 is 2.72 bits per heavy atom. The zero-order valence-corrected chi connectivity index (χ0v) is 11.4. The molecule has 1 aliphatic rings. The maximum absolute atomic E-state index is 9.50. The summed E-state index contributed by atoms with van der Waals surface area (Å²) in [5, 5.41) is 13.7. The van der Waals surface area contributed by atoms with E-state index < -0.39 is 0 Å². The molecule has 18 heavy (non-hydrogen) atoms. The van der Waals surface area contributed by atoms with Crippen molar-refractivity contribution in [1.82, 2.24) is 0 Å². The predicted molar refractivity (Wildman–Crippen MR) is 74.5 cm³/mol. The molecule has 0 unspecified atom stereocenters. The van der Waals surface area contributed by atoms with Crippen LogP contribution in [0.4, 0.5) is 5.69 Å². The topological polar surface area (TPSA) is 41.5 Å². The van der Waals surface area contributed by atoms with Gasteiger partial charge in [-0.15, -0.1) is 0 Å². The van der Waals surface area contributed by atoms with Gasteiger partial charge in [0.25, 0.3) is 0 Å². The first-order chi connectivity index (χ1) is 8.69. The minimum atomic E-state index is -0.131. The average molecular weight is 270 g/mol. The number of benzene rings is 1. The van der Waals surface area contributed by atoms with Crippen LogP contribution >= 0.6 is 11.6 Å². The molecule has 1 fully saturated rings. The van der Waals surface area contributed by atoms with Crippen molar-refractivity contribution in [2.75, 3.05) is 11.9 Å². The summed E-state index contributed by atoms with van der Waals surface area (Å²) in [7, 11) is 0. The molecule has 2 rings (SSSR count). The van der Waals surface area contributed by atoms with Crippen molar-refractivity contribution in [3.8, 4) is 5.75 Å². The second kappa shape index (κ2) is 6.30. The van der Waals surface area contributed by atoms with E-state index in [2.05, 4.69) is 5.32 Å². The van der Waals surface area contributed by atoms with Crippen LogP contribution in [0.15, 0.2) is 18.2 Å². The van der Waals surface area contributed by atoms with Crippen molar-refractivity contribution in [3.63, 3.8) is 0 Å². The van der Waals surface area contributed by atoms with Crippen LogP contribution in [0.1, 0.15) is 32.6 Å². The summed E-state index contributed by atoms with van der Waals surface area (Å²) in [5.41, 5.74) is 0.950. The standard InChI is InChI=1S/C14H20ClNO2/c1-2-18-14-8-3-10(15)9-13(14)16-11-4-6-12(17)7-5-11/h3,8-9,11-12,16-17H,2,4-7H2,1H3. The molecule has 4 heteroatoms. The minimum Gasteiger partial charge on any atom is -0.492 e. The number of aliphatic hydroxyl groups excluding tert-OH is 1. The Morgan fingerprint density at radius 1 is 1.33 bits per heavy atom. The van der Waals surface area contributed by atoms with Gasteiger partial charge in [0.1, 0.15) is 5.75 Å². The maximum Gasteiger partial charge on any atom is 0.142 e. The largest absolute Gasteiger partial charge is 0.492 e. The van der Waals surface area contributed by atoms with Crippen molar-refractivity contribution >= 4 is 17.3 Å². The van der Waals surface area contributed by atoms with Gasteiger partial charge in [0.15, 0.2) is 0 Å². The van der Waals surface area contributed by atoms with Crippen LogP contribution in [0, 0.1) is 0 Å². The Balaban J connectivity index is 2.05. The monoisotopic (exact) mass is 269 g/mol. The predicted octanol–water partition coefficient (Wildman–Crippen LogP) is 3.45. The first kappa shape index (κ1) is 13.5. The van der Waals surface area contributed by atoms with Gasteiger partial charge in [-0.25, -0.2) is 0 Å². The number of ether oxygens (including phenoxy) is 1. The van der Waals surface area contributed by atoms with Crippen molar-refractivity contribution in [3.05, 3.63) is 23.2 Å². The lowest BCUT2D eigenvalue weighted by atomic mass is 9.93. The van der Waals surface area contributed by atoms with Crippen molar-refractivity contribution in [1.29, 1.82) is 0 Å². The van der Waals surface area contributed by atoms with Crippen LogP contribution in [0.2, 0.25) is 5.02 Å². The summed E-state index contributed by atoms with van der Waals surface area (Å²) in [4.78, 5) is 0. The summed E-state index contributed by atoms with van der Waals surface area (Å²) in [6.45, 7) is 2.61. The highest BCUT2D eigenvalue weighted by atomic mass is 35.5. The van der Waals surface area contributed by atoms with E-state index in [1.807, 2.05) is 25.1 Å². The van der Waals surface area contributed by atoms with Crippen molar-refractivity contribution in [2.45, 2.75) is 44.8 Å². The van der Waals surface area contributed by atoms with Crippen LogP contribution in [0.5, 0.6) is 5.75 Å². The second-order valence-corrected chi connectivity index (χ2v) is 5.16. The average Bonchev–Trinajstić information content (AvgIpc) is 2.36. The second-order valence-electron chi connectivity index (χ2n) is 4.72. The van der Waals surface area contributed by atoms with Crippen LogP contribution in [-0.4, -0.2) is 23.9 Å². The molecular formula is C14H20ClNO2. The number of hydrogen-bond donors (Lipinski definition) is 2. The van der Waals surface area contributed by atoms with Crippen LogP contribution in [-0.2, 0) is 0 Å². The fourth-order valence-electron chi connectivity index (χ4n) is 2.34. The SMILES string of the molecule is CCOc1ccc(Cl)cc1NC1CCC(O)CC1. The van der Waals surface area contributed by atoms with Crippen molar-refractivity contribution in [2.24, 2.45) is 0 Å². The van der Waals surface area contributed by atoms with Gasteiger partial charge >= 0.3 is 0 Å². The first-order valence-corrected chi connectivity index (χ1v) is 6.93. The molecule has 0 spiro atoms. The smallest absolute Gasteiger partial charge is 0.142 e. The number of hydrogen-bond acceptors (Lipinski definition) is 3. The number of anilines is 1. The Labute approximate surface area is 113 Å². The van der Waals surface area contributed by atoms with Gasteiger partial charge in [0.2, 0.25) is 0 Å². The number of rotatable bonds is 4. The summed E-state index contributed by atoms with van der Waals surface area (Å²) in [6.07, 6.45) is 3.57. The highest BCUT2D eigenvalue weighted by molar-refractivity contribution is 6.30. The number of nitrogens with one attached hydrogen (secondary N) is 1. The van der Waals surface area contributed by atoms with Crippen LogP contribution in [0.3, 0.4) is 0 Å². The molecule has 1 saturated carbocycles. The Morgan fingerprint density at radius 2 is 2.06 bits per heavy atom. The van der Waals surface area contributed by atoms with E-state index in [-0.39, 0.29) is 6.10 Å². The summed E-state index contributed by atoms with van der Waals surface area (Å²) in [5.74, 6) is 0.841. The van der Waals surface area contributed by atoms with Crippen LogP contribution < -0.4 is 10.1 Å². The van der Waals surface area contributed by atoms with E-state index in [0.717, 1.165) is 37.1 Å². The molecule has 0 amide bonds. The quantitative estimate of drug-likeness (QED) is 0.880. The van der Waals surface area contributed by atoms with Gasteiger partial charge in [-0.1, -0.05) is 11.6 Å². The fourth-order valence-corrected chi connectivity index (χ4v) is 2.51. The molecule has 0 radical (unpaired) electrons. The summed E-state index contributed by atoms with van der Waals surface area (Å²) >= 11 is 6.02. The number of halogens is 1. The molecular weight excluding hydrogens is 250 g/mol. The summed E-state index contributed by atoms with van der Waals surface area (Å²) in [6, 6.07) is 6.03. The van der Waals surface area contributed by atoms with Crippen LogP contribution in [0.25, 0.3) is 0 Å². The van der Waals surface area contributed by atoms with Gasteiger partial charge in [-0.3, -0.25) is 0 Å². The van der Waals surface area contributed by atoms with Gasteiger partial charge in [-0.05, 0) is 50.8 Å². The molecule has 0 aliphatic heterocycles. The van der Waals surface area contributed by atoms with E-state index in [4.69, 9.17) is 16.3 Å². The highest BCUT2D eigenvalue weighted by Crippen LogP contribution is 2.31.